The first-order chi connectivity index (χ1) is 16.5. The van der Waals surface area contributed by atoms with Gasteiger partial charge < -0.3 is 19.2 Å². The molecule has 0 atom stereocenters. The molecule has 6 heteroatoms. The van der Waals surface area contributed by atoms with E-state index in [4.69, 9.17) is 4.74 Å². The molecule has 6 nitrogen and oxygen atoms in total. The van der Waals surface area contributed by atoms with Gasteiger partial charge >= 0.3 is 0 Å². The predicted octanol–water partition coefficient (Wildman–Crippen LogP) is 5.37. The van der Waals surface area contributed by atoms with Crippen LogP contribution in [-0.2, 0) is 13.6 Å². The van der Waals surface area contributed by atoms with Crippen LogP contribution in [0.1, 0.15) is 27.4 Å². The number of aryl methyl sites for hydroxylation is 3. The second-order valence-corrected chi connectivity index (χ2v) is 9.10. The van der Waals surface area contributed by atoms with Crippen LogP contribution in [0, 0.1) is 13.8 Å². The molecular formula is C28H26N4O2. The van der Waals surface area contributed by atoms with E-state index < -0.39 is 0 Å². The molecule has 0 saturated carbocycles. The van der Waals surface area contributed by atoms with Crippen molar-refractivity contribution >= 4 is 27.8 Å². The first kappa shape index (κ1) is 20.5. The van der Waals surface area contributed by atoms with Gasteiger partial charge in [-0.2, -0.15) is 0 Å². The molecule has 3 heterocycles. The summed E-state index contributed by atoms with van der Waals surface area (Å²) in [6, 6.07) is 20.7. The second-order valence-electron chi connectivity index (χ2n) is 9.10. The zero-order valence-electron chi connectivity index (χ0n) is 19.6. The van der Waals surface area contributed by atoms with Gasteiger partial charge in [0.05, 0.1) is 17.6 Å². The number of rotatable bonds is 2. The highest BCUT2D eigenvalue weighted by atomic mass is 16.5. The molecule has 2 aromatic heterocycles. The highest BCUT2D eigenvalue weighted by molar-refractivity contribution is 5.99. The van der Waals surface area contributed by atoms with Crippen molar-refractivity contribution in [1.82, 2.24) is 19.4 Å². The minimum atomic E-state index is 0.0209. The third-order valence-electron chi connectivity index (χ3n) is 6.68. The molecule has 0 saturated heterocycles. The first-order valence-corrected chi connectivity index (χ1v) is 11.5. The lowest BCUT2D eigenvalue weighted by Crippen LogP contribution is -2.33. The molecule has 3 aromatic carbocycles. The summed E-state index contributed by atoms with van der Waals surface area (Å²) in [5.74, 6) is 1.76. The number of benzene rings is 3. The highest BCUT2D eigenvalue weighted by Gasteiger charge is 2.24. The Morgan fingerprint density at radius 3 is 2.71 bits per heavy atom. The summed E-state index contributed by atoms with van der Waals surface area (Å²) < 4.78 is 8.01. The van der Waals surface area contributed by atoms with Gasteiger partial charge in [-0.3, -0.25) is 4.79 Å². The van der Waals surface area contributed by atoms with Crippen LogP contribution in [-0.4, -0.2) is 38.5 Å². The minimum Gasteiger partial charge on any atom is -0.491 e. The Morgan fingerprint density at radius 1 is 1.00 bits per heavy atom. The predicted molar refractivity (Wildman–Crippen MR) is 134 cm³/mol. The lowest BCUT2D eigenvalue weighted by molar-refractivity contribution is 0.0724. The number of hydrogen-bond donors (Lipinski definition) is 1. The van der Waals surface area contributed by atoms with Crippen molar-refractivity contribution in [3.63, 3.8) is 0 Å². The van der Waals surface area contributed by atoms with Gasteiger partial charge in [-0.15, -0.1) is 0 Å². The number of carbonyl (C=O) groups is 1. The van der Waals surface area contributed by atoms with E-state index in [0.29, 0.717) is 25.4 Å². The minimum absolute atomic E-state index is 0.0209. The van der Waals surface area contributed by atoms with Crippen molar-refractivity contribution in [3.05, 3.63) is 83.3 Å². The number of hydrogen-bond acceptors (Lipinski definition) is 3. The van der Waals surface area contributed by atoms with Crippen LogP contribution in [0.25, 0.3) is 33.1 Å². The topological polar surface area (TPSA) is 63.2 Å². The molecule has 1 aliphatic rings. The van der Waals surface area contributed by atoms with Gasteiger partial charge in [0, 0.05) is 30.1 Å². The van der Waals surface area contributed by atoms with Crippen molar-refractivity contribution in [2.75, 3.05) is 13.2 Å². The quantitative estimate of drug-likeness (QED) is 0.393. The van der Waals surface area contributed by atoms with Crippen molar-refractivity contribution in [2.24, 2.45) is 7.05 Å². The van der Waals surface area contributed by atoms with Gasteiger partial charge in [0.15, 0.2) is 0 Å². The number of aromatic amines is 1. The summed E-state index contributed by atoms with van der Waals surface area (Å²) in [6.45, 7) is 5.55. The average Bonchev–Trinajstić information content (AvgIpc) is 3.27. The summed E-state index contributed by atoms with van der Waals surface area (Å²) in [7, 11) is 1.96. The van der Waals surface area contributed by atoms with Crippen molar-refractivity contribution in [1.29, 1.82) is 0 Å². The van der Waals surface area contributed by atoms with Crippen LogP contribution in [0.15, 0.2) is 60.7 Å². The number of carbonyl (C=O) groups excluding carboxylic acids is 1. The lowest BCUT2D eigenvalue weighted by Gasteiger charge is -2.20. The SMILES string of the molecule is Cc1ccc2c(c1)cc(C(=O)N1CCOc3ccc(-c4ccc5nc(C)[nH]c5c4)cc3C1)n2C. The number of amides is 1. The van der Waals surface area contributed by atoms with Crippen molar-refractivity contribution < 1.29 is 9.53 Å². The summed E-state index contributed by atoms with van der Waals surface area (Å²) in [6.07, 6.45) is 0. The average molecular weight is 451 g/mol. The van der Waals surface area contributed by atoms with Crippen LogP contribution < -0.4 is 4.74 Å². The Labute approximate surface area is 197 Å². The Hall–Kier alpha value is -4.06. The number of aromatic nitrogens is 3. The molecule has 0 radical (unpaired) electrons. The van der Waals surface area contributed by atoms with E-state index in [1.54, 1.807) is 0 Å². The summed E-state index contributed by atoms with van der Waals surface area (Å²) >= 11 is 0. The molecule has 0 spiro atoms. The largest absolute Gasteiger partial charge is 0.491 e. The van der Waals surface area contributed by atoms with Gasteiger partial charge in [-0.25, -0.2) is 4.98 Å². The van der Waals surface area contributed by atoms with E-state index in [9.17, 15) is 4.79 Å². The smallest absolute Gasteiger partial charge is 0.270 e. The zero-order valence-corrected chi connectivity index (χ0v) is 19.6. The molecular weight excluding hydrogens is 424 g/mol. The standard InChI is InChI=1S/C28H26N4O2/c1-17-4-8-25-21(12-17)15-26(31(25)3)28(33)32-10-11-34-27-9-6-19(13-22(27)16-32)20-5-7-23-24(14-20)30-18(2)29-23/h4-9,12-15H,10-11,16H2,1-3H3,(H,29,30). The zero-order chi connectivity index (χ0) is 23.4. The van der Waals surface area contributed by atoms with Gasteiger partial charge in [-0.1, -0.05) is 23.8 Å². The van der Waals surface area contributed by atoms with E-state index in [0.717, 1.165) is 50.2 Å². The molecule has 6 rings (SSSR count). The van der Waals surface area contributed by atoms with Gasteiger partial charge in [-0.05, 0) is 67.4 Å². The molecule has 34 heavy (non-hydrogen) atoms. The Morgan fingerprint density at radius 2 is 1.82 bits per heavy atom. The Bertz CT molecular complexity index is 1580. The molecule has 0 bridgehead atoms. The van der Waals surface area contributed by atoms with Crippen molar-refractivity contribution in [3.8, 4) is 16.9 Å². The van der Waals surface area contributed by atoms with Gasteiger partial charge in [0.1, 0.15) is 23.9 Å². The number of nitrogens with one attached hydrogen (secondary N) is 1. The van der Waals surface area contributed by atoms with Crippen LogP contribution >= 0.6 is 0 Å². The fourth-order valence-corrected chi connectivity index (χ4v) is 4.90. The fraction of sp³-hybridized carbons (Fsp3) is 0.214. The van der Waals surface area contributed by atoms with E-state index in [-0.39, 0.29) is 5.91 Å². The molecule has 5 aromatic rings. The van der Waals surface area contributed by atoms with Crippen LogP contribution in [0.3, 0.4) is 0 Å². The molecule has 170 valence electrons. The molecule has 1 N–H and O–H groups in total. The van der Waals surface area contributed by atoms with Gasteiger partial charge in [0.25, 0.3) is 5.91 Å². The van der Waals surface area contributed by atoms with E-state index in [2.05, 4.69) is 59.4 Å². The monoisotopic (exact) mass is 450 g/mol. The third-order valence-corrected chi connectivity index (χ3v) is 6.68. The van der Waals surface area contributed by atoms with Crippen LogP contribution in [0.5, 0.6) is 5.75 Å². The maximum atomic E-state index is 13.6. The van der Waals surface area contributed by atoms with Crippen LogP contribution in [0.2, 0.25) is 0 Å². The summed E-state index contributed by atoms with van der Waals surface area (Å²) in [4.78, 5) is 23.3. The summed E-state index contributed by atoms with van der Waals surface area (Å²) in [5, 5.41) is 1.09. The number of imidazole rings is 1. The molecule has 0 aliphatic carbocycles. The van der Waals surface area contributed by atoms with Crippen LogP contribution in [0.4, 0.5) is 0 Å². The first-order valence-electron chi connectivity index (χ1n) is 11.5. The van der Waals surface area contributed by atoms with Gasteiger partial charge in [0.2, 0.25) is 0 Å². The third kappa shape index (κ3) is 3.43. The maximum Gasteiger partial charge on any atom is 0.270 e. The number of H-pyrrole nitrogens is 1. The molecule has 0 unspecified atom stereocenters. The fourth-order valence-electron chi connectivity index (χ4n) is 4.90. The maximum absolute atomic E-state index is 13.6. The normalized spacial score (nSPS) is 13.7. The molecule has 1 aliphatic heterocycles. The molecule has 1 amide bonds. The lowest BCUT2D eigenvalue weighted by atomic mass is 10.0. The van der Waals surface area contributed by atoms with E-state index in [1.807, 2.05) is 41.6 Å². The molecule has 0 fully saturated rings. The summed E-state index contributed by atoms with van der Waals surface area (Å²) in [5.41, 5.74) is 8.12. The van der Waals surface area contributed by atoms with E-state index in [1.165, 1.54) is 5.56 Å². The number of nitrogens with zero attached hydrogens (tertiary/aromatic N) is 3. The number of ether oxygens (including phenoxy) is 1. The van der Waals surface area contributed by atoms with E-state index >= 15 is 0 Å². The van der Waals surface area contributed by atoms with Crippen molar-refractivity contribution in [2.45, 2.75) is 20.4 Å². The second kappa shape index (κ2) is 7.76. The Kier molecular flexibility index (Phi) is 4.69. The highest BCUT2D eigenvalue weighted by Crippen LogP contribution is 2.31. The Balaban J connectivity index is 1.34. The number of fused-ring (bicyclic) bond motifs is 3.